The average molecular weight is 478 g/mol. The summed E-state index contributed by atoms with van der Waals surface area (Å²) < 4.78 is 5.13. The molecule has 0 aromatic heterocycles. The third kappa shape index (κ3) is 7.30. The summed E-state index contributed by atoms with van der Waals surface area (Å²) in [5.41, 5.74) is 0.497. The summed E-state index contributed by atoms with van der Waals surface area (Å²) in [6, 6.07) is -0.684. The number of likely N-dealkylation sites (tertiary alicyclic amines) is 1. The monoisotopic (exact) mass is 477 g/mol. The van der Waals surface area contributed by atoms with Gasteiger partial charge >= 0.3 is 5.97 Å². The van der Waals surface area contributed by atoms with E-state index >= 15 is 0 Å². The Morgan fingerprint density at radius 3 is 2.24 bits per heavy atom. The Balaban J connectivity index is 2.25. The first-order valence-electron chi connectivity index (χ1n) is 13.3. The van der Waals surface area contributed by atoms with Gasteiger partial charge in [-0.25, -0.2) is 4.79 Å². The maximum absolute atomic E-state index is 13.8. The number of hydrogen-bond acceptors (Lipinski definition) is 5. The number of nitrogens with one attached hydrogen (secondary N) is 1. The van der Waals surface area contributed by atoms with Crippen LogP contribution in [0.3, 0.4) is 0 Å². The highest BCUT2D eigenvalue weighted by atomic mass is 16.5. The second-order valence-corrected chi connectivity index (χ2v) is 10.6. The van der Waals surface area contributed by atoms with E-state index in [1.54, 1.807) is 25.8 Å². The number of esters is 1. The zero-order valence-electron chi connectivity index (χ0n) is 22.4. The van der Waals surface area contributed by atoms with Crippen LogP contribution in [0.25, 0.3) is 0 Å². The SMILES string of the molecule is CCOC(=O)/C(C)=C/[C@H](C(C)C)N(C)C(=O)[C@H](NC(=O)[C@H]1CCCCN1C(C)C)C1CCCC1. The van der Waals surface area contributed by atoms with E-state index in [-0.39, 0.29) is 41.7 Å². The Kier molecular flexibility index (Phi) is 11.1. The zero-order valence-corrected chi connectivity index (χ0v) is 22.4. The molecule has 2 aliphatic rings. The number of carbonyl (C=O) groups is 3. The molecule has 0 bridgehead atoms. The van der Waals surface area contributed by atoms with E-state index in [9.17, 15) is 14.4 Å². The lowest BCUT2D eigenvalue weighted by Crippen LogP contribution is -2.59. The van der Waals surface area contributed by atoms with Crippen LogP contribution in [0.1, 0.15) is 86.5 Å². The van der Waals surface area contributed by atoms with Gasteiger partial charge in [-0.1, -0.05) is 39.2 Å². The maximum Gasteiger partial charge on any atom is 0.333 e. The molecular weight excluding hydrogens is 430 g/mol. The molecule has 0 unspecified atom stereocenters. The molecule has 2 rings (SSSR count). The molecule has 1 saturated heterocycles. The highest BCUT2D eigenvalue weighted by Gasteiger charge is 2.39. The van der Waals surface area contributed by atoms with E-state index in [1.165, 1.54) is 0 Å². The molecule has 1 aliphatic heterocycles. The van der Waals surface area contributed by atoms with Gasteiger partial charge in [0.1, 0.15) is 6.04 Å². The van der Waals surface area contributed by atoms with Gasteiger partial charge in [0.25, 0.3) is 0 Å². The van der Waals surface area contributed by atoms with Crippen molar-refractivity contribution in [1.29, 1.82) is 0 Å². The Hall–Kier alpha value is -1.89. The van der Waals surface area contributed by atoms with Crippen LogP contribution in [-0.4, -0.2) is 72.0 Å². The van der Waals surface area contributed by atoms with Crippen molar-refractivity contribution in [2.75, 3.05) is 20.2 Å². The second kappa shape index (κ2) is 13.3. The first kappa shape index (κ1) is 28.3. The number of hydrogen-bond donors (Lipinski definition) is 1. The van der Waals surface area contributed by atoms with E-state index in [1.807, 2.05) is 19.9 Å². The van der Waals surface area contributed by atoms with Crippen LogP contribution in [0.5, 0.6) is 0 Å². The van der Waals surface area contributed by atoms with Gasteiger partial charge in [-0.15, -0.1) is 0 Å². The third-order valence-electron chi connectivity index (χ3n) is 7.44. The van der Waals surface area contributed by atoms with Crippen molar-refractivity contribution in [3.8, 4) is 0 Å². The average Bonchev–Trinajstić information content (AvgIpc) is 3.34. The van der Waals surface area contributed by atoms with Crippen LogP contribution in [0.2, 0.25) is 0 Å². The molecule has 0 aromatic rings. The number of ether oxygens (including phenoxy) is 1. The normalized spacial score (nSPS) is 22.0. The summed E-state index contributed by atoms with van der Waals surface area (Å²) >= 11 is 0. The first-order valence-corrected chi connectivity index (χ1v) is 13.3. The zero-order chi connectivity index (χ0) is 25.4. The van der Waals surface area contributed by atoms with E-state index < -0.39 is 6.04 Å². The van der Waals surface area contributed by atoms with E-state index in [0.717, 1.165) is 51.5 Å². The van der Waals surface area contributed by atoms with Crippen molar-refractivity contribution in [3.05, 3.63) is 11.6 Å². The lowest BCUT2D eigenvalue weighted by atomic mass is 9.93. The predicted octanol–water partition coefficient (Wildman–Crippen LogP) is 3.92. The number of rotatable bonds is 10. The van der Waals surface area contributed by atoms with Gasteiger partial charge in [-0.2, -0.15) is 0 Å². The predicted molar refractivity (Wildman–Crippen MR) is 135 cm³/mol. The molecule has 2 fully saturated rings. The lowest BCUT2D eigenvalue weighted by molar-refractivity contribution is -0.141. The summed E-state index contributed by atoms with van der Waals surface area (Å²) in [6.07, 6.45) is 8.89. The van der Waals surface area contributed by atoms with Crippen LogP contribution in [-0.2, 0) is 19.1 Å². The molecule has 3 atom stereocenters. The van der Waals surface area contributed by atoms with Gasteiger partial charge in [-0.3, -0.25) is 14.5 Å². The summed E-state index contributed by atoms with van der Waals surface area (Å²) in [5.74, 6) is -0.197. The molecule has 1 saturated carbocycles. The third-order valence-corrected chi connectivity index (χ3v) is 7.44. The van der Waals surface area contributed by atoms with Gasteiger partial charge < -0.3 is 15.0 Å². The Morgan fingerprint density at radius 2 is 1.68 bits per heavy atom. The highest BCUT2D eigenvalue weighted by molar-refractivity contribution is 5.91. The fourth-order valence-electron chi connectivity index (χ4n) is 5.46. The van der Waals surface area contributed by atoms with Crippen LogP contribution in [0.4, 0.5) is 0 Å². The molecule has 0 aromatic carbocycles. The summed E-state index contributed by atoms with van der Waals surface area (Å²) in [6.45, 7) is 13.1. The lowest BCUT2D eigenvalue weighted by Gasteiger charge is -2.39. The van der Waals surface area contributed by atoms with Gasteiger partial charge in [-0.05, 0) is 71.8 Å². The minimum atomic E-state index is -0.534. The highest BCUT2D eigenvalue weighted by Crippen LogP contribution is 2.30. The number of likely N-dealkylation sites (N-methyl/N-ethyl adjacent to an activating group) is 1. The second-order valence-electron chi connectivity index (χ2n) is 10.6. The van der Waals surface area contributed by atoms with Gasteiger partial charge in [0.15, 0.2) is 0 Å². The van der Waals surface area contributed by atoms with Crippen LogP contribution in [0, 0.1) is 11.8 Å². The van der Waals surface area contributed by atoms with Crippen molar-refractivity contribution in [2.24, 2.45) is 11.8 Å². The van der Waals surface area contributed by atoms with Crippen LogP contribution >= 0.6 is 0 Å². The number of piperidine rings is 1. The quantitative estimate of drug-likeness (QED) is 0.381. The summed E-state index contributed by atoms with van der Waals surface area (Å²) in [5, 5.41) is 3.20. The van der Waals surface area contributed by atoms with E-state index in [2.05, 4.69) is 24.1 Å². The smallest absolute Gasteiger partial charge is 0.333 e. The van der Waals surface area contributed by atoms with Crippen LogP contribution in [0.15, 0.2) is 11.6 Å². The van der Waals surface area contributed by atoms with Gasteiger partial charge in [0.2, 0.25) is 11.8 Å². The number of amides is 2. The Bertz CT molecular complexity index is 727. The molecule has 1 aliphatic carbocycles. The molecule has 1 N–H and O–H groups in total. The van der Waals surface area contributed by atoms with Gasteiger partial charge in [0.05, 0.1) is 18.7 Å². The minimum absolute atomic E-state index is 0.0219. The molecule has 2 amide bonds. The van der Waals surface area contributed by atoms with E-state index in [4.69, 9.17) is 4.74 Å². The molecule has 1 heterocycles. The van der Waals surface area contributed by atoms with Crippen molar-refractivity contribution in [2.45, 2.75) is 111 Å². The van der Waals surface area contributed by atoms with Gasteiger partial charge in [0, 0.05) is 18.7 Å². The molecule has 7 nitrogen and oxygen atoms in total. The molecule has 7 heteroatoms. The summed E-state index contributed by atoms with van der Waals surface area (Å²) in [7, 11) is 1.79. The first-order chi connectivity index (χ1) is 16.1. The van der Waals surface area contributed by atoms with Crippen molar-refractivity contribution >= 4 is 17.8 Å². The maximum atomic E-state index is 13.8. The van der Waals surface area contributed by atoms with Crippen LogP contribution < -0.4 is 5.32 Å². The molecular formula is C27H47N3O4. The minimum Gasteiger partial charge on any atom is -0.463 e. The summed E-state index contributed by atoms with van der Waals surface area (Å²) in [4.78, 5) is 43.5. The Labute approximate surface area is 206 Å². The fraction of sp³-hybridized carbons (Fsp3) is 0.815. The number of nitrogens with zero attached hydrogens (tertiary/aromatic N) is 2. The standard InChI is InChI=1S/C27H47N3O4/c1-8-34-27(33)20(6)17-23(18(2)3)29(7)26(32)24(21-13-9-10-14-21)28-25(31)22-15-11-12-16-30(22)19(4)5/h17-19,21-24H,8-16H2,1-7H3,(H,28,31)/b20-17+/t22-,23-,24-/m1/s1. The topological polar surface area (TPSA) is 79.0 Å². The fourth-order valence-corrected chi connectivity index (χ4v) is 5.46. The van der Waals surface area contributed by atoms with Crippen molar-refractivity contribution in [3.63, 3.8) is 0 Å². The molecule has 0 spiro atoms. The molecule has 0 radical (unpaired) electrons. The largest absolute Gasteiger partial charge is 0.463 e. The molecule has 34 heavy (non-hydrogen) atoms. The van der Waals surface area contributed by atoms with Crippen molar-refractivity contribution < 1.29 is 19.1 Å². The molecule has 194 valence electrons. The Morgan fingerprint density at radius 1 is 1.06 bits per heavy atom. The van der Waals surface area contributed by atoms with E-state index in [0.29, 0.717) is 18.2 Å². The number of carbonyl (C=O) groups excluding carboxylic acids is 3. The van der Waals surface area contributed by atoms with Crippen molar-refractivity contribution in [1.82, 2.24) is 15.1 Å².